The van der Waals surface area contributed by atoms with Crippen LogP contribution in [0.1, 0.15) is 31.2 Å². The Hall–Kier alpha value is -4.00. The molecule has 0 spiro atoms. The Morgan fingerprint density at radius 3 is 2.09 bits per heavy atom. The van der Waals surface area contributed by atoms with Crippen molar-refractivity contribution >= 4 is 35.5 Å². The van der Waals surface area contributed by atoms with Crippen molar-refractivity contribution in [3.05, 3.63) is 35.9 Å². The maximum atomic E-state index is 13.0. The number of nitrogens with zero attached hydrogens (tertiary/aromatic N) is 1. The van der Waals surface area contributed by atoms with E-state index in [4.69, 9.17) is 17.2 Å². The average molecular weight is 491 g/mol. The number of aliphatic carboxylic acids is 1. The van der Waals surface area contributed by atoms with Gasteiger partial charge in [0.2, 0.25) is 29.5 Å². The van der Waals surface area contributed by atoms with E-state index < -0.39 is 72.5 Å². The molecular weight excluding hydrogens is 460 g/mol. The first kappa shape index (κ1) is 27.2. The molecule has 1 aliphatic rings. The van der Waals surface area contributed by atoms with Crippen LogP contribution in [-0.4, -0.2) is 76.2 Å². The monoisotopic (exact) mass is 490 g/mol. The first-order valence-corrected chi connectivity index (χ1v) is 11.0. The van der Waals surface area contributed by atoms with Crippen molar-refractivity contribution < 1.29 is 33.9 Å². The van der Waals surface area contributed by atoms with Crippen LogP contribution < -0.4 is 27.8 Å². The van der Waals surface area contributed by atoms with Crippen LogP contribution >= 0.6 is 0 Å². The number of hydrogen-bond acceptors (Lipinski definition) is 7. The summed E-state index contributed by atoms with van der Waals surface area (Å²) in [5, 5.41) is 14.0. The first-order chi connectivity index (χ1) is 16.5. The maximum Gasteiger partial charge on any atom is 0.326 e. The molecule has 2 rings (SSSR count). The fourth-order valence-corrected chi connectivity index (χ4v) is 3.81. The van der Waals surface area contributed by atoms with Crippen molar-refractivity contribution in [1.82, 2.24) is 15.5 Å². The fourth-order valence-electron chi connectivity index (χ4n) is 3.81. The highest BCUT2D eigenvalue weighted by molar-refractivity contribution is 5.97. The third-order valence-corrected chi connectivity index (χ3v) is 5.51. The van der Waals surface area contributed by atoms with Gasteiger partial charge in [-0.3, -0.25) is 24.0 Å². The lowest BCUT2D eigenvalue weighted by Crippen LogP contribution is -2.58. The molecule has 1 fully saturated rings. The van der Waals surface area contributed by atoms with Crippen LogP contribution in [0.2, 0.25) is 0 Å². The Kier molecular flexibility index (Phi) is 9.70. The lowest BCUT2D eigenvalue weighted by molar-refractivity contribution is -0.149. The van der Waals surface area contributed by atoms with Gasteiger partial charge in [0.25, 0.3) is 0 Å². The van der Waals surface area contributed by atoms with E-state index in [2.05, 4.69) is 10.6 Å². The topological polar surface area (TPSA) is 228 Å². The second kappa shape index (κ2) is 12.5. The van der Waals surface area contributed by atoms with E-state index in [9.17, 15) is 33.9 Å². The molecule has 0 saturated carbocycles. The van der Waals surface area contributed by atoms with E-state index in [1.165, 1.54) is 0 Å². The number of carboxylic acid groups (broad SMARTS) is 1. The number of nitrogens with two attached hydrogens (primary N) is 3. The first-order valence-electron chi connectivity index (χ1n) is 11.0. The second-order valence-corrected chi connectivity index (χ2v) is 8.29. The van der Waals surface area contributed by atoms with Crippen LogP contribution in [0.25, 0.3) is 0 Å². The molecule has 1 aromatic rings. The Morgan fingerprint density at radius 2 is 1.51 bits per heavy atom. The van der Waals surface area contributed by atoms with Gasteiger partial charge in [0.1, 0.15) is 18.1 Å². The Balaban J connectivity index is 2.14. The number of primary amides is 2. The van der Waals surface area contributed by atoms with Crippen LogP contribution in [0.3, 0.4) is 0 Å². The van der Waals surface area contributed by atoms with Gasteiger partial charge < -0.3 is 37.8 Å². The molecule has 0 aliphatic carbocycles. The molecule has 13 heteroatoms. The molecule has 35 heavy (non-hydrogen) atoms. The molecule has 4 unspecified atom stereocenters. The second-order valence-electron chi connectivity index (χ2n) is 8.29. The lowest BCUT2D eigenvalue weighted by Gasteiger charge is -2.28. The summed E-state index contributed by atoms with van der Waals surface area (Å²) >= 11 is 0. The molecule has 4 atom stereocenters. The van der Waals surface area contributed by atoms with Crippen molar-refractivity contribution in [2.45, 2.75) is 56.3 Å². The van der Waals surface area contributed by atoms with E-state index in [1.807, 2.05) is 0 Å². The molecule has 5 amide bonds. The normalized spacial score (nSPS) is 17.6. The molecule has 0 radical (unpaired) electrons. The predicted molar refractivity (Wildman–Crippen MR) is 122 cm³/mol. The molecule has 1 aromatic carbocycles. The zero-order valence-corrected chi connectivity index (χ0v) is 19.0. The minimum absolute atomic E-state index is 0.122. The lowest BCUT2D eigenvalue weighted by atomic mass is 10.0. The summed E-state index contributed by atoms with van der Waals surface area (Å²) in [6, 6.07) is 3.74. The van der Waals surface area contributed by atoms with E-state index in [1.54, 1.807) is 30.3 Å². The minimum Gasteiger partial charge on any atom is -0.480 e. The number of rotatable bonds is 12. The van der Waals surface area contributed by atoms with Crippen molar-refractivity contribution in [2.24, 2.45) is 17.2 Å². The fraction of sp³-hybridized carbons (Fsp3) is 0.455. The van der Waals surface area contributed by atoms with Crippen LogP contribution in [0.4, 0.5) is 0 Å². The molecular formula is C22H30N6O7. The average Bonchev–Trinajstić information content (AvgIpc) is 3.28. The van der Waals surface area contributed by atoms with Crippen LogP contribution in [0, 0.1) is 0 Å². The number of carbonyl (C=O) groups excluding carboxylic acids is 5. The highest BCUT2D eigenvalue weighted by Gasteiger charge is 2.39. The molecule has 1 saturated heterocycles. The van der Waals surface area contributed by atoms with E-state index in [0.717, 1.165) is 10.5 Å². The van der Waals surface area contributed by atoms with Crippen molar-refractivity contribution in [3.8, 4) is 0 Å². The van der Waals surface area contributed by atoms with Crippen molar-refractivity contribution in [3.63, 3.8) is 0 Å². The highest BCUT2D eigenvalue weighted by atomic mass is 16.4. The van der Waals surface area contributed by atoms with E-state index in [0.29, 0.717) is 6.42 Å². The van der Waals surface area contributed by atoms with Gasteiger partial charge in [0.05, 0.1) is 18.9 Å². The van der Waals surface area contributed by atoms with Gasteiger partial charge >= 0.3 is 5.97 Å². The Bertz CT molecular complexity index is 970. The molecule has 1 heterocycles. The van der Waals surface area contributed by atoms with Crippen molar-refractivity contribution in [1.29, 1.82) is 0 Å². The summed E-state index contributed by atoms with van der Waals surface area (Å²) in [5.74, 6) is -5.58. The van der Waals surface area contributed by atoms with Gasteiger partial charge in [-0.05, 0) is 24.8 Å². The largest absolute Gasteiger partial charge is 0.480 e. The number of likely N-dealkylation sites (tertiary alicyclic amines) is 1. The summed E-state index contributed by atoms with van der Waals surface area (Å²) in [4.78, 5) is 74.0. The van der Waals surface area contributed by atoms with Crippen molar-refractivity contribution in [2.75, 3.05) is 6.54 Å². The summed E-state index contributed by atoms with van der Waals surface area (Å²) in [7, 11) is 0. The molecule has 9 N–H and O–H groups in total. The number of carbonyl (C=O) groups is 6. The SMILES string of the molecule is NC(=O)CC(NC(=O)C(N)Cc1ccccc1)C(=O)NC(CC(N)=O)C(=O)N1CCCC1C(=O)O. The zero-order chi connectivity index (χ0) is 26.1. The van der Waals surface area contributed by atoms with Gasteiger partial charge in [-0.15, -0.1) is 0 Å². The third kappa shape index (κ3) is 8.07. The summed E-state index contributed by atoms with van der Waals surface area (Å²) in [5.41, 5.74) is 17.1. The van der Waals surface area contributed by atoms with Gasteiger partial charge in [0, 0.05) is 6.54 Å². The minimum atomic E-state index is -1.50. The number of amides is 5. The van der Waals surface area contributed by atoms with Gasteiger partial charge in [-0.1, -0.05) is 30.3 Å². The third-order valence-electron chi connectivity index (χ3n) is 5.51. The summed E-state index contributed by atoms with van der Waals surface area (Å²) < 4.78 is 0. The number of hydrogen-bond donors (Lipinski definition) is 6. The molecule has 190 valence electrons. The number of benzene rings is 1. The van der Waals surface area contributed by atoms with E-state index >= 15 is 0 Å². The number of nitrogens with one attached hydrogen (secondary N) is 2. The van der Waals surface area contributed by atoms with Crippen LogP contribution in [0.5, 0.6) is 0 Å². The standard InChI is InChI=1S/C22H30N6O7/c23-13(9-12-5-2-1-3-6-12)19(31)26-14(10-17(24)29)20(32)27-15(11-18(25)30)21(33)28-8-4-7-16(28)22(34)35/h1-3,5-6,13-16H,4,7-11,23H2,(H2,24,29)(H2,25,30)(H,26,31)(H,27,32)(H,34,35). The smallest absolute Gasteiger partial charge is 0.326 e. The van der Waals surface area contributed by atoms with E-state index in [-0.39, 0.29) is 19.4 Å². The maximum absolute atomic E-state index is 13.0. The zero-order valence-electron chi connectivity index (χ0n) is 19.0. The predicted octanol–water partition coefficient (Wildman–Crippen LogP) is -2.65. The molecule has 0 bridgehead atoms. The quantitative estimate of drug-likeness (QED) is 0.181. The highest BCUT2D eigenvalue weighted by Crippen LogP contribution is 2.19. The molecule has 0 aromatic heterocycles. The Morgan fingerprint density at radius 1 is 0.943 bits per heavy atom. The molecule has 13 nitrogen and oxygen atoms in total. The molecule has 1 aliphatic heterocycles. The van der Waals surface area contributed by atoms with Gasteiger partial charge in [-0.25, -0.2) is 4.79 Å². The van der Waals surface area contributed by atoms with Gasteiger partial charge in [0.15, 0.2) is 0 Å². The summed E-state index contributed by atoms with van der Waals surface area (Å²) in [6.45, 7) is 0.122. The number of carboxylic acids is 1. The van der Waals surface area contributed by atoms with Crippen LogP contribution in [0.15, 0.2) is 30.3 Å². The van der Waals surface area contributed by atoms with Gasteiger partial charge in [-0.2, -0.15) is 0 Å². The summed E-state index contributed by atoms with van der Waals surface area (Å²) in [6.07, 6.45) is -0.407. The Labute approximate surface area is 201 Å². The van der Waals surface area contributed by atoms with Crippen LogP contribution in [-0.2, 0) is 35.2 Å².